The van der Waals surface area contributed by atoms with Crippen molar-refractivity contribution >= 4 is 15.9 Å². The standard InChI is InChI=1S/C24H36N2O4S/c1-5-6-17-7-8-18(15-20(17)31(28,29)26-11-13-30-14-12-26)21(27)25-22-23(2,3)19-9-10-24(22,4)16-19/h7-8,15,19,22H,5-6,9-14,16H2,1-4H3,(H,25,27). The summed E-state index contributed by atoms with van der Waals surface area (Å²) in [5, 5.41) is 3.30. The number of benzene rings is 1. The average Bonchev–Trinajstić information content (AvgIpc) is 3.23. The maximum absolute atomic E-state index is 13.4. The fourth-order valence-electron chi connectivity index (χ4n) is 6.21. The van der Waals surface area contributed by atoms with Crippen molar-refractivity contribution in [2.24, 2.45) is 16.7 Å². The lowest BCUT2D eigenvalue weighted by Crippen LogP contribution is -2.52. The number of ether oxygens (including phenoxy) is 1. The molecule has 1 N–H and O–H groups in total. The molecule has 0 spiro atoms. The van der Waals surface area contributed by atoms with E-state index in [9.17, 15) is 13.2 Å². The van der Waals surface area contributed by atoms with Crippen LogP contribution in [-0.4, -0.2) is 51.0 Å². The molecule has 2 aliphatic carbocycles. The molecule has 2 bridgehead atoms. The highest BCUT2D eigenvalue weighted by atomic mass is 32.2. The molecule has 1 saturated heterocycles. The van der Waals surface area contributed by atoms with Gasteiger partial charge in [0, 0.05) is 24.7 Å². The molecular formula is C24H36N2O4S. The number of fused-ring (bicyclic) bond motifs is 2. The lowest BCUT2D eigenvalue weighted by atomic mass is 9.68. The SMILES string of the molecule is CCCc1ccc(C(=O)NC2C3(C)CCC(C3)C2(C)C)cc1S(=O)(=O)N1CCOCC1. The predicted octanol–water partition coefficient (Wildman–Crippen LogP) is 3.60. The van der Waals surface area contributed by atoms with Crippen LogP contribution in [-0.2, 0) is 21.2 Å². The van der Waals surface area contributed by atoms with Gasteiger partial charge in [0.25, 0.3) is 5.91 Å². The molecule has 3 atom stereocenters. The number of carbonyl (C=O) groups excluding carboxylic acids is 1. The van der Waals surface area contributed by atoms with Crippen LogP contribution in [0.4, 0.5) is 0 Å². The summed E-state index contributed by atoms with van der Waals surface area (Å²) < 4.78 is 33.6. The van der Waals surface area contributed by atoms with Crippen molar-refractivity contribution in [3.63, 3.8) is 0 Å². The van der Waals surface area contributed by atoms with E-state index in [1.807, 2.05) is 13.0 Å². The zero-order chi connectivity index (χ0) is 22.4. The average molecular weight is 449 g/mol. The van der Waals surface area contributed by atoms with E-state index in [1.165, 1.54) is 10.7 Å². The van der Waals surface area contributed by atoms with E-state index in [2.05, 4.69) is 26.1 Å². The molecule has 0 radical (unpaired) electrons. The Morgan fingerprint density at radius 3 is 2.55 bits per heavy atom. The molecule has 6 nitrogen and oxygen atoms in total. The number of morpholine rings is 1. The largest absolute Gasteiger partial charge is 0.379 e. The Morgan fingerprint density at radius 2 is 1.94 bits per heavy atom. The second kappa shape index (κ2) is 8.16. The first kappa shape index (κ1) is 22.7. The molecule has 172 valence electrons. The van der Waals surface area contributed by atoms with E-state index >= 15 is 0 Å². The quantitative estimate of drug-likeness (QED) is 0.721. The van der Waals surface area contributed by atoms with Gasteiger partial charge >= 0.3 is 0 Å². The number of nitrogens with one attached hydrogen (secondary N) is 1. The number of amides is 1. The minimum atomic E-state index is -3.67. The molecule has 1 amide bonds. The van der Waals surface area contributed by atoms with Crippen LogP contribution in [0.5, 0.6) is 0 Å². The van der Waals surface area contributed by atoms with Crippen LogP contribution in [0.3, 0.4) is 0 Å². The van der Waals surface area contributed by atoms with Gasteiger partial charge in [-0.2, -0.15) is 4.31 Å². The van der Waals surface area contributed by atoms with E-state index in [0.717, 1.165) is 24.8 Å². The fourth-order valence-corrected chi connectivity index (χ4v) is 7.90. The van der Waals surface area contributed by atoms with Gasteiger partial charge in [-0.05, 0) is 60.1 Å². The second-order valence-corrected chi connectivity index (χ2v) is 12.3. The zero-order valence-corrected chi connectivity index (χ0v) is 20.1. The van der Waals surface area contributed by atoms with Crippen molar-refractivity contribution in [3.05, 3.63) is 29.3 Å². The Balaban J connectivity index is 1.63. The lowest BCUT2D eigenvalue weighted by molar-refractivity contribution is 0.0728. The van der Waals surface area contributed by atoms with Gasteiger partial charge < -0.3 is 10.1 Å². The van der Waals surface area contributed by atoms with Gasteiger partial charge in [-0.15, -0.1) is 0 Å². The van der Waals surface area contributed by atoms with Crippen LogP contribution >= 0.6 is 0 Å². The minimum absolute atomic E-state index is 0.0491. The van der Waals surface area contributed by atoms with Gasteiger partial charge in [-0.3, -0.25) is 4.79 Å². The first-order chi connectivity index (χ1) is 14.6. The summed E-state index contributed by atoms with van der Waals surface area (Å²) in [5.41, 5.74) is 1.37. The van der Waals surface area contributed by atoms with Gasteiger partial charge in [-0.25, -0.2) is 8.42 Å². The number of hydrogen-bond donors (Lipinski definition) is 1. The van der Waals surface area contributed by atoms with Crippen LogP contribution in [0.25, 0.3) is 0 Å². The molecule has 1 heterocycles. The van der Waals surface area contributed by atoms with E-state index < -0.39 is 10.0 Å². The molecule has 2 saturated carbocycles. The van der Waals surface area contributed by atoms with Crippen LogP contribution < -0.4 is 5.32 Å². The molecule has 7 heteroatoms. The molecule has 1 aliphatic heterocycles. The van der Waals surface area contributed by atoms with Crippen LogP contribution in [0.2, 0.25) is 0 Å². The molecule has 1 aromatic rings. The Kier molecular flexibility index (Phi) is 5.99. The first-order valence-electron chi connectivity index (χ1n) is 11.6. The van der Waals surface area contributed by atoms with Crippen molar-refractivity contribution in [2.75, 3.05) is 26.3 Å². The third-order valence-corrected chi connectivity index (χ3v) is 9.96. The number of sulfonamides is 1. The third-order valence-electron chi connectivity index (χ3n) is 7.98. The highest BCUT2D eigenvalue weighted by Crippen LogP contribution is 2.62. The number of aryl methyl sites for hydroxylation is 1. The van der Waals surface area contributed by atoms with Crippen molar-refractivity contribution in [1.29, 1.82) is 0 Å². The first-order valence-corrected chi connectivity index (χ1v) is 13.1. The van der Waals surface area contributed by atoms with Gasteiger partial charge in [-0.1, -0.05) is 40.2 Å². The third kappa shape index (κ3) is 3.93. The fraction of sp³-hybridized carbons (Fsp3) is 0.708. The number of rotatable bonds is 6. The summed E-state index contributed by atoms with van der Waals surface area (Å²) in [4.78, 5) is 13.6. The van der Waals surface area contributed by atoms with Gasteiger partial charge in [0.15, 0.2) is 0 Å². The summed E-state index contributed by atoms with van der Waals surface area (Å²) in [6.45, 7) is 10.3. The molecular weight excluding hydrogens is 412 g/mol. The van der Waals surface area contributed by atoms with Crippen molar-refractivity contribution in [1.82, 2.24) is 9.62 Å². The van der Waals surface area contributed by atoms with Crippen molar-refractivity contribution in [3.8, 4) is 0 Å². The Labute approximate surface area is 186 Å². The van der Waals surface area contributed by atoms with Crippen LogP contribution in [0.1, 0.15) is 69.3 Å². The summed E-state index contributed by atoms with van der Waals surface area (Å²) in [5.74, 6) is 0.459. The highest BCUT2D eigenvalue weighted by molar-refractivity contribution is 7.89. The summed E-state index contributed by atoms with van der Waals surface area (Å²) in [6.07, 6.45) is 5.02. The van der Waals surface area contributed by atoms with E-state index in [0.29, 0.717) is 44.2 Å². The maximum atomic E-state index is 13.4. The second-order valence-electron chi connectivity index (χ2n) is 10.4. The molecule has 0 aromatic heterocycles. The van der Waals surface area contributed by atoms with Gasteiger partial charge in [0.2, 0.25) is 10.0 Å². The molecule has 3 unspecified atom stereocenters. The molecule has 4 rings (SSSR count). The van der Waals surface area contributed by atoms with Gasteiger partial charge in [0.1, 0.15) is 0 Å². The smallest absolute Gasteiger partial charge is 0.251 e. The Hall–Kier alpha value is -1.44. The Morgan fingerprint density at radius 1 is 1.23 bits per heavy atom. The number of carbonyl (C=O) groups is 1. The van der Waals surface area contributed by atoms with Crippen molar-refractivity contribution in [2.45, 2.75) is 70.7 Å². The molecule has 3 fully saturated rings. The van der Waals surface area contributed by atoms with E-state index in [4.69, 9.17) is 4.74 Å². The minimum Gasteiger partial charge on any atom is -0.379 e. The molecule has 1 aromatic carbocycles. The summed E-state index contributed by atoms with van der Waals surface area (Å²) in [6, 6.07) is 5.29. The molecule has 3 aliphatic rings. The topological polar surface area (TPSA) is 75.7 Å². The lowest BCUT2D eigenvalue weighted by Gasteiger charge is -2.43. The predicted molar refractivity (Wildman–Crippen MR) is 120 cm³/mol. The van der Waals surface area contributed by atoms with Crippen molar-refractivity contribution < 1.29 is 17.9 Å². The zero-order valence-electron chi connectivity index (χ0n) is 19.2. The summed E-state index contributed by atoms with van der Waals surface area (Å²) >= 11 is 0. The summed E-state index contributed by atoms with van der Waals surface area (Å²) in [7, 11) is -3.67. The van der Waals surface area contributed by atoms with Gasteiger partial charge in [0.05, 0.1) is 18.1 Å². The maximum Gasteiger partial charge on any atom is 0.251 e. The van der Waals surface area contributed by atoms with Crippen LogP contribution in [0, 0.1) is 16.7 Å². The highest BCUT2D eigenvalue weighted by Gasteiger charge is 2.59. The number of nitrogens with zero attached hydrogens (tertiary/aromatic N) is 1. The van der Waals surface area contributed by atoms with Crippen LogP contribution in [0.15, 0.2) is 23.1 Å². The number of hydrogen-bond acceptors (Lipinski definition) is 4. The monoisotopic (exact) mass is 448 g/mol. The normalized spacial score (nSPS) is 30.5. The Bertz CT molecular complexity index is 948. The van der Waals surface area contributed by atoms with E-state index in [1.54, 1.807) is 12.1 Å². The molecule has 31 heavy (non-hydrogen) atoms. The van der Waals surface area contributed by atoms with E-state index in [-0.39, 0.29) is 27.7 Å².